The zero-order chi connectivity index (χ0) is 18.5. The topological polar surface area (TPSA) is 73.9 Å². The summed E-state index contributed by atoms with van der Waals surface area (Å²) < 4.78 is 5.18. The quantitative estimate of drug-likeness (QED) is 0.366. The number of benzene rings is 1. The van der Waals surface area contributed by atoms with Crippen molar-refractivity contribution in [3.8, 4) is 5.75 Å². The Bertz CT molecular complexity index is 870. The van der Waals surface area contributed by atoms with Gasteiger partial charge in [-0.25, -0.2) is 9.97 Å². The van der Waals surface area contributed by atoms with Gasteiger partial charge in [0.1, 0.15) is 23.3 Å². The summed E-state index contributed by atoms with van der Waals surface area (Å²) >= 11 is 13.3. The summed E-state index contributed by atoms with van der Waals surface area (Å²) in [5.74, 6) is 1.35. The van der Waals surface area contributed by atoms with Crippen molar-refractivity contribution in [2.45, 2.75) is 23.9 Å². The normalized spacial score (nSPS) is 12.7. The molecule has 0 saturated heterocycles. The van der Waals surface area contributed by atoms with Gasteiger partial charge >= 0.3 is 0 Å². The van der Waals surface area contributed by atoms with Gasteiger partial charge in [0, 0.05) is 12.3 Å². The Morgan fingerprint density at radius 1 is 1.15 bits per heavy atom. The van der Waals surface area contributed by atoms with Crippen molar-refractivity contribution in [1.29, 1.82) is 0 Å². The van der Waals surface area contributed by atoms with Gasteiger partial charge in [0.15, 0.2) is 5.16 Å². The standard InChI is InChI=1S/C11H10Cl2N4S.C7H6O/c1-6(10-7(12)3-2-4-15-10)18-11-16-8(13)5-9(14)17-11;1-2-6-4-7(3-1)8-5-6/h2-6H,1H3,(H2,14,16,17);1-4H,5H2. The number of thioether (sulfide) groups is 1. The molecule has 0 spiro atoms. The zero-order valence-corrected chi connectivity index (χ0v) is 16.2. The van der Waals surface area contributed by atoms with Crippen LogP contribution in [0.2, 0.25) is 10.2 Å². The van der Waals surface area contributed by atoms with E-state index in [0.717, 1.165) is 18.1 Å². The van der Waals surface area contributed by atoms with E-state index in [2.05, 4.69) is 27.1 Å². The molecule has 2 aromatic heterocycles. The van der Waals surface area contributed by atoms with E-state index in [1.165, 1.54) is 23.4 Å². The first kappa shape index (κ1) is 18.8. The van der Waals surface area contributed by atoms with Gasteiger partial charge in [0.25, 0.3) is 0 Å². The minimum absolute atomic E-state index is 0.0107. The maximum absolute atomic E-state index is 6.08. The minimum Gasteiger partial charge on any atom is -0.489 e. The lowest BCUT2D eigenvalue weighted by Gasteiger charge is -2.11. The van der Waals surface area contributed by atoms with Gasteiger partial charge < -0.3 is 10.5 Å². The fourth-order valence-corrected chi connectivity index (χ4v) is 3.79. The third-order valence-electron chi connectivity index (χ3n) is 3.45. The number of ether oxygens (including phenoxy) is 1. The molecule has 1 unspecified atom stereocenters. The van der Waals surface area contributed by atoms with Crippen molar-refractivity contribution >= 4 is 40.8 Å². The molecule has 134 valence electrons. The first-order valence-corrected chi connectivity index (χ1v) is 9.43. The number of nitrogens with zero attached hydrogens (tertiary/aromatic N) is 3. The molecule has 2 bridgehead atoms. The SMILES string of the molecule is CC(Sc1nc(N)cc(Cl)n1)c1ncccc1Cl.c1cc2cc(c1)OC2. The van der Waals surface area contributed by atoms with Gasteiger partial charge in [-0.05, 0) is 36.8 Å². The van der Waals surface area contributed by atoms with Gasteiger partial charge in [-0.3, -0.25) is 4.98 Å². The Morgan fingerprint density at radius 3 is 2.69 bits per heavy atom. The Kier molecular flexibility index (Phi) is 6.19. The molecule has 0 aliphatic carbocycles. The molecule has 4 rings (SSSR count). The maximum Gasteiger partial charge on any atom is 0.191 e. The predicted molar refractivity (Wildman–Crippen MR) is 106 cm³/mol. The molecular formula is C18H16Cl2N4OS. The highest BCUT2D eigenvalue weighted by Gasteiger charge is 2.14. The van der Waals surface area contributed by atoms with Gasteiger partial charge in [-0.15, -0.1) is 0 Å². The lowest BCUT2D eigenvalue weighted by atomic mass is 10.2. The zero-order valence-electron chi connectivity index (χ0n) is 13.9. The maximum atomic E-state index is 6.08. The predicted octanol–water partition coefficient (Wildman–Crippen LogP) is 5.19. The third-order valence-corrected chi connectivity index (χ3v) is 4.94. The Balaban J connectivity index is 0.000000201. The smallest absolute Gasteiger partial charge is 0.191 e. The molecule has 3 aromatic rings. The summed E-state index contributed by atoms with van der Waals surface area (Å²) in [6, 6.07) is 13.2. The van der Waals surface area contributed by atoms with Crippen molar-refractivity contribution in [2.75, 3.05) is 5.73 Å². The van der Waals surface area contributed by atoms with Crippen molar-refractivity contribution in [3.05, 3.63) is 70.1 Å². The number of halogens is 2. The number of nitrogens with two attached hydrogens (primary N) is 1. The van der Waals surface area contributed by atoms with Gasteiger partial charge in [-0.1, -0.05) is 47.1 Å². The Labute approximate surface area is 165 Å². The van der Waals surface area contributed by atoms with Crippen LogP contribution in [0, 0.1) is 0 Å². The number of hydrogen-bond donors (Lipinski definition) is 1. The summed E-state index contributed by atoms with van der Waals surface area (Å²) in [6.07, 6.45) is 1.70. The van der Waals surface area contributed by atoms with Crippen molar-refractivity contribution in [3.63, 3.8) is 0 Å². The van der Waals surface area contributed by atoms with E-state index in [1.807, 2.05) is 19.1 Å². The van der Waals surface area contributed by atoms with Crippen molar-refractivity contribution in [2.24, 2.45) is 0 Å². The monoisotopic (exact) mass is 406 g/mol. The second kappa shape index (κ2) is 8.58. The first-order valence-electron chi connectivity index (χ1n) is 7.80. The number of aromatic nitrogens is 3. The fraction of sp³-hybridized carbons (Fsp3) is 0.167. The summed E-state index contributed by atoms with van der Waals surface area (Å²) in [4.78, 5) is 12.4. The molecule has 0 saturated carbocycles. The van der Waals surface area contributed by atoms with E-state index in [9.17, 15) is 0 Å². The van der Waals surface area contributed by atoms with Gasteiger partial charge in [0.05, 0.1) is 16.0 Å². The molecule has 26 heavy (non-hydrogen) atoms. The van der Waals surface area contributed by atoms with E-state index in [4.69, 9.17) is 33.7 Å². The molecule has 0 radical (unpaired) electrons. The molecule has 1 aromatic carbocycles. The van der Waals surface area contributed by atoms with E-state index in [0.29, 0.717) is 21.2 Å². The summed E-state index contributed by atoms with van der Waals surface area (Å²) in [7, 11) is 0. The lowest BCUT2D eigenvalue weighted by molar-refractivity contribution is 0.328. The molecule has 2 N–H and O–H groups in total. The highest BCUT2D eigenvalue weighted by Crippen LogP contribution is 2.35. The van der Waals surface area contributed by atoms with Crippen LogP contribution in [0.15, 0.2) is 53.8 Å². The minimum atomic E-state index is 0.0107. The second-order valence-corrected chi connectivity index (χ2v) is 7.57. The van der Waals surface area contributed by atoms with Crippen LogP contribution in [0.25, 0.3) is 0 Å². The van der Waals surface area contributed by atoms with Crippen molar-refractivity contribution < 1.29 is 4.74 Å². The summed E-state index contributed by atoms with van der Waals surface area (Å²) in [5.41, 5.74) is 7.68. The highest BCUT2D eigenvalue weighted by atomic mass is 35.5. The lowest BCUT2D eigenvalue weighted by Crippen LogP contribution is -1.98. The number of rotatable bonds is 3. The average molecular weight is 407 g/mol. The molecule has 0 fully saturated rings. The average Bonchev–Trinajstić information content (AvgIpc) is 2.92. The summed E-state index contributed by atoms with van der Waals surface area (Å²) in [6.45, 7) is 2.74. The number of pyridine rings is 1. The van der Waals surface area contributed by atoms with Gasteiger partial charge in [-0.2, -0.15) is 0 Å². The number of fused-ring (bicyclic) bond motifs is 2. The van der Waals surface area contributed by atoms with Crippen LogP contribution in [0.4, 0.5) is 5.82 Å². The highest BCUT2D eigenvalue weighted by molar-refractivity contribution is 7.99. The fourth-order valence-electron chi connectivity index (χ4n) is 2.27. The molecule has 5 nitrogen and oxygen atoms in total. The molecule has 0 amide bonds. The molecule has 1 atom stereocenters. The van der Waals surface area contributed by atoms with E-state index in [-0.39, 0.29) is 5.25 Å². The van der Waals surface area contributed by atoms with E-state index < -0.39 is 0 Å². The van der Waals surface area contributed by atoms with Crippen LogP contribution in [0.1, 0.15) is 23.4 Å². The van der Waals surface area contributed by atoms with Crippen LogP contribution in [-0.2, 0) is 6.61 Å². The Morgan fingerprint density at radius 2 is 2.00 bits per heavy atom. The van der Waals surface area contributed by atoms with Gasteiger partial charge in [0.2, 0.25) is 0 Å². The van der Waals surface area contributed by atoms with E-state index in [1.54, 1.807) is 18.3 Å². The number of nitrogen functional groups attached to an aromatic ring is 1. The molecule has 8 heteroatoms. The van der Waals surface area contributed by atoms with Crippen LogP contribution < -0.4 is 10.5 Å². The summed E-state index contributed by atoms with van der Waals surface area (Å²) in [5, 5.41) is 1.46. The largest absolute Gasteiger partial charge is 0.489 e. The first-order chi connectivity index (χ1) is 12.5. The number of anilines is 1. The molecular weight excluding hydrogens is 391 g/mol. The van der Waals surface area contributed by atoms with Crippen LogP contribution in [-0.4, -0.2) is 15.0 Å². The van der Waals surface area contributed by atoms with Crippen LogP contribution in [0.5, 0.6) is 5.75 Å². The van der Waals surface area contributed by atoms with Crippen molar-refractivity contribution in [1.82, 2.24) is 15.0 Å². The van der Waals surface area contributed by atoms with Crippen LogP contribution >= 0.6 is 35.0 Å². The molecule has 1 aliphatic rings. The van der Waals surface area contributed by atoms with Crippen LogP contribution in [0.3, 0.4) is 0 Å². The van der Waals surface area contributed by atoms with E-state index >= 15 is 0 Å². The Hall–Kier alpha value is -2.02. The number of hydrogen-bond acceptors (Lipinski definition) is 6. The third kappa shape index (κ3) is 5.00. The molecule has 1 aliphatic heterocycles. The second-order valence-electron chi connectivity index (χ2n) is 5.46. The molecule has 3 heterocycles.